The number of phenols is 1. The summed E-state index contributed by atoms with van der Waals surface area (Å²) in [6, 6.07) is 12.3. The van der Waals surface area contributed by atoms with Gasteiger partial charge in [-0.3, -0.25) is 14.5 Å². The first kappa shape index (κ1) is 19.9. The Morgan fingerprint density at radius 3 is 2.52 bits per heavy atom. The first-order valence-corrected chi connectivity index (χ1v) is 10.3. The van der Waals surface area contributed by atoms with Crippen LogP contribution in [-0.2, 0) is 21.7 Å². The molecule has 2 heterocycles. The number of hydrogen-bond acceptors (Lipinski definition) is 4. The number of rotatable bonds is 4. The second kappa shape index (κ2) is 8.13. The minimum Gasteiger partial charge on any atom is -0.505 e. The lowest BCUT2D eigenvalue weighted by Gasteiger charge is -2.49. The van der Waals surface area contributed by atoms with Crippen LogP contribution in [0.25, 0.3) is 0 Å². The number of phenolic OH excluding ortho intramolecular Hbond substituents is 1. The summed E-state index contributed by atoms with van der Waals surface area (Å²) in [5, 5.41) is 11.1. The molecule has 2 aromatic rings. The van der Waals surface area contributed by atoms with Gasteiger partial charge in [0.05, 0.1) is 13.2 Å². The molecule has 2 saturated heterocycles. The van der Waals surface area contributed by atoms with E-state index in [1.54, 1.807) is 6.07 Å². The molecule has 0 spiro atoms. The number of aryl methyl sites for hydroxylation is 1. The topological polar surface area (TPSA) is 53.0 Å². The molecular formula is C23H27FN2O3. The molecule has 0 radical (unpaired) electrons. The van der Waals surface area contributed by atoms with Crippen LogP contribution in [0.4, 0.5) is 4.39 Å². The number of hydroxylamine groups is 2. The Kier molecular flexibility index (Phi) is 5.56. The van der Waals surface area contributed by atoms with Crippen molar-refractivity contribution < 1.29 is 19.1 Å². The van der Waals surface area contributed by atoms with Crippen molar-refractivity contribution in [2.24, 2.45) is 0 Å². The van der Waals surface area contributed by atoms with Crippen LogP contribution in [0, 0.1) is 12.7 Å². The van der Waals surface area contributed by atoms with Crippen molar-refractivity contribution in [3.8, 4) is 5.75 Å². The van der Waals surface area contributed by atoms with Crippen LogP contribution in [-0.4, -0.2) is 40.7 Å². The highest BCUT2D eigenvalue weighted by Crippen LogP contribution is 2.40. The number of amides is 1. The number of halogens is 1. The molecule has 1 N–H and O–H groups in total. The highest BCUT2D eigenvalue weighted by molar-refractivity contribution is 5.87. The van der Waals surface area contributed by atoms with Crippen molar-refractivity contribution in [3.05, 3.63) is 65.0 Å². The third-order valence-corrected chi connectivity index (χ3v) is 6.06. The third-order valence-electron chi connectivity index (χ3n) is 6.06. The zero-order chi connectivity index (χ0) is 20.4. The van der Waals surface area contributed by atoms with E-state index in [9.17, 15) is 14.3 Å². The Hall–Kier alpha value is -2.44. The molecule has 6 heteroatoms. The fourth-order valence-electron chi connectivity index (χ4n) is 4.44. The van der Waals surface area contributed by atoms with E-state index in [0.29, 0.717) is 25.1 Å². The molecule has 0 saturated carbocycles. The highest BCUT2D eigenvalue weighted by Gasteiger charge is 2.51. The molecular weight excluding hydrogens is 371 g/mol. The SMILES string of the molecule is Cc1ccc(CN2OCCC(c3ccc(O)c(F)c3)(N3CCCCC3)C2=O)cc1. The van der Waals surface area contributed by atoms with Gasteiger partial charge in [-0.2, -0.15) is 0 Å². The Labute approximate surface area is 170 Å². The van der Waals surface area contributed by atoms with Crippen molar-refractivity contribution in [2.45, 2.75) is 44.7 Å². The monoisotopic (exact) mass is 398 g/mol. The summed E-state index contributed by atoms with van der Waals surface area (Å²) in [5.74, 6) is -1.28. The summed E-state index contributed by atoms with van der Waals surface area (Å²) in [6.45, 7) is 4.30. The molecule has 2 fully saturated rings. The lowest BCUT2D eigenvalue weighted by Crippen LogP contribution is -2.61. The summed E-state index contributed by atoms with van der Waals surface area (Å²) in [7, 11) is 0. The van der Waals surface area contributed by atoms with Crippen molar-refractivity contribution in [3.63, 3.8) is 0 Å². The molecule has 0 aliphatic carbocycles. The van der Waals surface area contributed by atoms with Crippen molar-refractivity contribution in [2.75, 3.05) is 19.7 Å². The lowest BCUT2D eigenvalue weighted by molar-refractivity contribution is -0.226. The summed E-state index contributed by atoms with van der Waals surface area (Å²) < 4.78 is 14.3. The fourth-order valence-corrected chi connectivity index (χ4v) is 4.44. The summed E-state index contributed by atoms with van der Waals surface area (Å²) in [4.78, 5) is 21.7. The van der Waals surface area contributed by atoms with Crippen LogP contribution < -0.4 is 0 Å². The van der Waals surface area contributed by atoms with Crippen molar-refractivity contribution in [1.82, 2.24) is 9.96 Å². The quantitative estimate of drug-likeness (QED) is 0.849. The van der Waals surface area contributed by atoms with E-state index < -0.39 is 17.1 Å². The van der Waals surface area contributed by atoms with Gasteiger partial charge in [-0.05, 0) is 56.1 Å². The van der Waals surface area contributed by atoms with Crippen LogP contribution in [0.15, 0.2) is 42.5 Å². The first-order chi connectivity index (χ1) is 14.0. The third kappa shape index (κ3) is 3.74. The van der Waals surface area contributed by atoms with Gasteiger partial charge in [-0.15, -0.1) is 0 Å². The number of hydrogen-bond donors (Lipinski definition) is 1. The van der Waals surface area contributed by atoms with Crippen molar-refractivity contribution >= 4 is 5.91 Å². The maximum atomic E-state index is 14.3. The zero-order valence-corrected chi connectivity index (χ0v) is 16.7. The number of aromatic hydroxyl groups is 1. The van der Waals surface area contributed by atoms with E-state index in [0.717, 1.165) is 43.5 Å². The van der Waals surface area contributed by atoms with E-state index >= 15 is 0 Å². The average molecular weight is 398 g/mol. The van der Waals surface area contributed by atoms with Crippen LogP contribution >= 0.6 is 0 Å². The Balaban J connectivity index is 1.71. The molecule has 0 bridgehead atoms. The zero-order valence-electron chi connectivity index (χ0n) is 16.7. The van der Waals surface area contributed by atoms with Gasteiger partial charge in [-0.25, -0.2) is 9.45 Å². The van der Waals surface area contributed by atoms with Gasteiger partial charge in [0.15, 0.2) is 11.6 Å². The maximum Gasteiger partial charge on any atom is 0.271 e. The number of carbonyl (C=O) groups is 1. The average Bonchev–Trinajstić information content (AvgIpc) is 2.74. The Bertz CT molecular complexity index is 880. The van der Waals surface area contributed by atoms with Crippen molar-refractivity contribution in [1.29, 1.82) is 0 Å². The minimum absolute atomic E-state index is 0.170. The maximum absolute atomic E-state index is 14.3. The number of piperidine rings is 1. The molecule has 154 valence electrons. The molecule has 4 rings (SSSR count). The van der Waals surface area contributed by atoms with Crippen LogP contribution in [0.5, 0.6) is 5.75 Å². The molecule has 1 amide bonds. The van der Waals surface area contributed by atoms with Crippen LogP contribution in [0.2, 0.25) is 0 Å². The molecule has 2 aliphatic heterocycles. The van der Waals surface area contributed by atoms with E-state index in [2.05, 4.69) is 4.90 Å². The smallest absolute Gasteiger partial charge is 0.271 e. The predicted octanol–water partition coefficient (Wildman–Crippen LogP) is 3.89. The minimum atomic E-state index is -0.974. The van der Waals surface area contributed by atoms with Gasteiger partial charge in [0.2, 0.25) is 0 Å². The second-order valence-electron chi connectivity index (χ2n) is 7.98. The lowest BCUT2D eigenvalue weighted by atomic mass is 9.81. The van der Waals surface area contributed by atoms with E-state index in [1.807, 2.05) is 31.2 Å². The molecule has 29 heavy (non-hydrogen) atoms. The Morgan fingerprint density at radius 2 is 1.83 bits per heavy atom. The van der Waals surface area contributed by atoms with E-state index in [1.165, 1.54) is 17.2 Å². The Morgan fingerprint density at radius 1 is 1.10 bits per heavy atom. The molecule has 5 nitrogen and oxygen atoms in total. The summed E-state index contributed by atoms with van der Waals surface area (Å²) >= 11 is 0. The van der Waals surface area contributed by atoms with E-state index in [-0.39, 0.29) is 5.91 Å². The number of benzene rings is 2. The van der Waals surface area contributed by atoms with Gasteiger partial charge in [-0.1, -0.05) is 42.3 Å². The molecule has 2 aromatic carbocycles. The highest BCUT2D eigenvalue weighted by atomic mass is 19.1. The molecule has 1 atom stereocenters. The largest absolute Gasteiger partial charge is 0.505 e. The second-order valence-corrected chi connectivity index (χ2v) is 7.98. The molecule has 0 aromatic heterocycles. The number of nitrogens with zero attached hydrogens (tertiary/aromatic N) is 2. The standard InChI is InChI=1S/C23H27FN2O3/c1-17-5-7-18(8-6-17)16-26-22(28)23(11-14-29-26,25-12-3-2-4-13-25)19-9-10-21(27)20(24)15-19/h5-10,15,27H,2-4,11-14,16H2,1H3. The normalized spacial score (nSPS) is 23.4. The fraction of sp³-hybridized carbons (Fsp3) is 0.435. The predicted molar refractivity (Wildman–Crippen MR) is 107 cm³/mol. The molecule has 2 aliphatic rings. The first-order valence-electron chi connectivity index (χ1n) is 10.3. The van der Waals surface area contributed by atoms with Gasteiger partial charge in [0, 0.05) is 6.42 Å². The molecule has 1 unspecified atom stereocenters. The van der Waals surface area contributed by atoms with Gasteiger partial charge in [0.1, 0.15) is 5.54 Å². The van der Waals surface area contributed by atoms with Gasteiger partial charge in [0.25, 0.3) is 5.91 Å². The van der Waals surface area contributed by atoms with E-state index in [4.69, 9.17) is 4.84 Å². The van der Waals surface area contributed by atoms with Gasteiger partial charge >= 0.3 is 0 Å². The van der Waals surface area contributed by atoms with Gasteiger partial charge < -0.3 is 5.11 Å². The summed E-state index contributed by atoms with van der Waals surface area (Å²) in [5.41, 5.74) is 1.74. The summed E-state index contributed by atoms with van der Waals surface area (Å²) in [6.07, 6.45) is 3.61. The van der Waals surface area contributed by atoms with Crippen LogP contribution in [0.3, 0.4) is 0 Å². The van der Waals surface area contributed by atoms with Crippen LogP contribution in [0.1, 0.15) is 42.4 Å². The number of carbonyl (C=O) groups excluding carboxylic acids is 1. The number of likely N-dealkylation sites (tertiary alicyclic amines) is 1.